The molecule has 0 saturated heterocycles. The molecular formula is C13H14N2. The third-order valence-corrected chi connectivity index (χ3v) is 2.46. The first-order valence-corrected chi connectivity index (χ1v) is 4.95. The third kappa shape index (κ3) is 1.84. The molecule has 0 radical (unpaired) electrons. The summed E-state index contributed by atoms with van der Waals surface area (Å²) in [6.45, 7) is 7.92. The van der Waals surface area contributed by atoms with Crippen molar-refractivity contribution in [2.24, 2.45) is 0 Å². The van der Waals surface area contributed by atoms with Crippen LogP contribution in [0.3, 0.4) is 0 Å². The van der Waals surface area contributed by atoms with E-state index in [-0.39, 0.29) is 0 Å². The predicted molar refractivity (Wildman–Crippen MR) is 63.0 cm³/mol. The fraction of sp³-hybridized carbons (Fsp3) is 0.154. The van der Waals surface area contributed by atoms with Gasteiger partial charge < -0.3 is 4.57 Å². The van der Waals surface area contributed by atoms with E-state index in [1.807, 2.05) is 26.2 Å². The Bertz CT molecular complexity index is 477. The van der Waals surface area contributed by atoms with Crippen molar-refractivity contribution in [2.45, 2.75) is 13.8 Å². The molecule has 0 aliphatic carbocycles. The molecule has 0 bridgehead atoms. The topological polar surface area (TPSA) is 17.8 Å². The maximum absolute atomic E-state index is 4.20. The summed E-state index contributed by atoms with van der Waals surface area (Å²) in [6, 6.07) is 8.32. The molecule has 0 aliphatic heterocycles. The number of hydrogen-bond donors (Lipinski definition) is 0. The molecule has 2 rings (SSSR count). The largest absolute Gasteiger partial charge is 0.304 e. The van der Waals surface area contributed by atoms with Gasteiger partial charge in [0.2, 0.25) is 0 Å². The predicted octanol–water partition coefficient (Wildman–Crippen LogP) is 3.21. The zero-order chi connectivity index (χ0) is 10.8. The Morgan fingerprint density at radius 2 is 1.93 bits per heavy atom. The molecular weight excluding hydrogens is 184 g/mol. The Hall–Kier alpha value is -1.83. The van der Waals surface area contributed by atoms with Crippen molar-refractivity contribution in [1.29, 1.82) is 0 Å². The van der Waals surface area contributed by atoms with Crippen LogP contribution in [-0.4, -0.2) is 9.55 Å². The van der Waals surface area contributed by atoms with Crippen molar-refractivity contribution < 1.29 is 0 Å². The molecule has 0 atom stereocenters. The van der Waals surface area contributed by atoms with Gasteiger partial charge in [0.1, 0.15) is 5.82 Å². The Morgan fingerprint density at radius 3 is 2.40 bits per heavy atom. The number of imidazole rings is 1. The van der Waals surface area contributed by atoms with Crippen LogP contribution in [0.1, 0.15) is 18.3 Å². The Balaban J connectivity index is 2.40. The summed E-state index contributed by atoms with van der Waals surface area (Å²) < 4.78 is 2.06. The van der Waals surface area contributed by atoms with Crippen molar-refractivity contribution in [3.05, 3.63) is 54.6 Å². The number of rotatable bonds is 2. The van der Waals surface area contributed by atoms with Gasteiger partial charge in [-0.1, -0.05) is 24.3 Å². The summed E-state index contributed by atoms with van der Waals surface area (Å²) in [5.41, 5.74) is 3.40. The molecule has 2 aromatic rings. The number of nitrogens with zero attached hydrogens (tertiary/aromatic N) is 2. The molecule has 0 amide bonds. The lowest BCUT2D eigenvalue weighted by atomic mass is 10.1. The minimum absolute atomic E-state index is 0.998. The van der Waals surface area contributed by atoms with Gasteiger partial charge in [0.05, 0.1) is 0 Å². The van der Waals surface area contributed by atoms with Crippen molar-refractivity contribution >= 4 is 5.57 Å². The van der Waals surface area contributed by atoms with Gasteiger partial charge in [-0.2, -0.15) is 0 Å². The van der Waals surface area contributed by atoms with Crippen LogP contribution in [0.2, 0.25) is 0 Å². The molecule has 2 nitrogen and oxygen atoms in total. The number of benzene rings is 1. The van der Waals surface area contributed by atoms with E-state index < -0.39 is 0 Å². The molecule has 1 aromatic carbocycles. The molecule has 0 aliphatic rings. The van der Waals surface area contributed by atoms with E-state index in [0.717, 1.165) is 17.1 Å². The van der Waals surface area contributed by atoms with Crippen LogP contribution < -0.4 is 0 Å². The molecule has 0 unspecified atom stereocenters. The van der Waals surface area contributed by atoms with E-state index in [0.29, 0.717) is 0 Å². The molecule has 1 aromatic heterocycles. The Kier molecular flexibility index (Phi) is 2.42. The summed E-state index contributed by atoms with van der Waals surface area (Å²) in [7, 11) is 0. The number of aromatic nitrogens is 2. The Labute approximate surface area is 89.9 Å². The molecule has 2 heteroatoms. The molecule has 15 heavy (non-hydrogen) atoms. The second kappa shape index (κ2) is 3.73. The quantitative estimate of drug-likeness (QED) is 0.724. The van der Waals surface area contributed by atoms with Crippen LogP contribution in [0.15, 0.2) is 43.2 Å². The number of allylic oxidation sites excluding steroid dienone is 1. The highest BCUT2D eigenvalue weighted by Crippen LogP contribution is 2.15. The highest BCUT2D eigenvalue weighted by Gasteiger charge is 2.00. The molecule has 0 N–H and O–H groups in total. The van der Waals surface area contributed by atoms with Gasteiger partial charge in [-0.05, 0) is 31.5 Å². The highest BCUT2D eigenvalue weighted by molar-refractivity contribution is 5.62. The van der Waals surface area contributed by atoms with E-state index in [2.05, 4.69) is 40.4 Å². The second-order valence-electron chi connectivity index (χ2n) is 3.67. The average Bonchev–Trinajstić information content (AvgIpc) is 2.65. The third-order valence-electron chi connectivity index (χ3n) is 2.46. The van der Waals surface area contributed by atoms with Crippen LogP contribution in [-0.2, 0) is 0 Å². The van der Waals surface area contributed by atoms with Crippen LogP contribution in [0.4, 0.5) is 0 Å². The van der Waals surface area contributed by atoms with Gasteiger partial charge in [-0.3, -0.25) is 0 Å². The summed E-state index contributed by atoms with van der Waals surface area (Å²) in [5, 5.41) is 0. The summed E-state index contributed by atoms with van der Waals surface area (Å²) in [5.74, 6) is 0.998. The average molecular weight is 198 g/mol. The second-order valence-corrected chi connectivity index (χ2v) is 3.67. The van der Waals surface area contributed by atoms with Crippen molar-refractivity contribution in [1.82, 2.24) is 9.55 Å². The van der Waals surface area contributed by atoms with Crippen LogP contribution in [0, 0.1) is 6.92 Å². The van der Waals surface area contributed by atoms with Gasteiger partial charge in [0, 0.05) is 18.1 Å². The van der Waals surface area contributed by atoms with Gasteiger partial charge in [-0.25, -0.2) is 4.98 Å². The SMILES string of the molecule is C=C(C)c1ccc(-n2ccnc2C)cc1. The minimum atomic E-state index is 0.998. The maximum Gasteiger partial charge on any atom is 0.110 e. The van der Waals surface area contributed by atoms with Crippen molar-refractivity contribution in [2.75, 3.05) is 0 Å². The van der Waals surface area contributed by atoms with E-state index in [9.17, 15) is 0 Å². The molecule has 0 fully saturated rings. The first-order chi connectivity index (χ1) is 7.18. The lowest BCUT2D eigenvalue weighted by molar-refractivity contribution is 0.974. The van der Waals surface area contributed by atoms with Gasteiger partial charge in [0.15, 0.2) is 0 Å². The maximum atomic E-state index is 4.20. The molecule has 76 valence electrons. The van der Waals surface area contributed by atoms with Gasteiger partial charge in [0.25, 0.3) is 0 Å². The van der Waals surface area contributed by atoms with Crippen molar-refractivity contribution in [3.63, 3.8) is 0 Å². The zero-order valence-electron chi connectivity index (χ0n) is 9.07. The lowest BCUT2D eigenvalue weighted by Gasteiger charge is -2.06. The summed E-state index contributed by atoms with van der Waals surface area (Å²) in [4.78, 5) is 4.20. The monoisotopic (exact) mass is 198 g/mol. The number of hydrogen-bond acceptors (Lipinski definition) is 1. The fourth-order valence-corrected chi connectivity index (χ4v) is 1.56. The highest BCUT2D eigenvalue weighted by atomic mass is 15.1. The lowest BCUT2D eigenvalue weighted by Crippen LogP contribution is -1.95. The van der Waals surface area contributed by atoms with Gasteiger partial charge in [-0.15, -0.1) is 0 Å². The Morgan fingerprint density at radius 1 is 1.27 bits per heavy atom. The van der Waals surface area contributed by atoms with Crippen molar-refractivity contribution in [3.8, 4) is 5.69 Å². The van der Waals surface area contributed by atoms with Crippen LogP contribution in [0.5, 0.6) is 0 Å². The minimum Gasteiger partial charge on any atom is -0.304 e. The zero-order valence-corrected chi connectivity index (χ0v) is 9.07. The number of aryl methyl sites for hydroxylation is 1. The first-order valence-electron chi connectivity index (χ1n) is 4.95. The van der Waals surface area contributed by atoms with Gasteiger partial charge >= 0.3 is 0 Å². The standard InChI is InChI=1S/C13H14N2/c1-10(2)12-4-6-13(7-5-12)15-9-8-14-11(15)3/h4-9H,1H2,2-3H3. The normalized spacial score (nSPS) is 10.3. The smallest absolute Gasteiger partial charge is 0.110 e. The molecule has 0 saturated carbocycles. The summed E-state index contributed by atoms with van der Waals surface area (Å²) in [6.07, 6.45) is 3.77. The first kappa shape index (κ1) is 9.71. The van der Waals surface area contributed by atoms with E-state index in [1.165, 1.54) is 5.56 Å². The molecule has 1 heterocycles. The summed E-state index contributed by atoms with van der Waals surface area (Å²) >= 11 is 0. The van der Waals surface area contributed by atoms with E-state index >= 15 is 0 Å². The van der Waals surface area contributed by atoms with Crippen LogP contribution in [0.25, 0.3) is 11.3 Å². The van der Waals surface area contributed by atoms with E-state index in [1.54, 1.807) is 0 Å². The van der Waals surface area contributed by atoms with Crippen LogP contribution >= 0.6 is 0 Å². The molecule has 0 spiro atoms. The van der Waals surface area contributed by atoms with E-state index in [4.69, 9.17) is 0 Å². The fourth-order valence-electron chi connectivity index (χ4n) is 1.56.